The number of hydrogen-bond donors (Lipinski definition) is 4. The summed E-state index contributed by atoms with van der Waals surface area (Å²) < 4.78 is 14.6. The number of nitrogens with one attached hydrogen (secondary N) is 4. The number of anilines is 2. The van der Waals surface area contributed by atoms with E-state index in [1.807, 2.05) is 32.4 Å². The van der Waals surface area contributed by atoms with Gasteiger partial charge in [0, 0.05) is 66.3 Å². The number of halogens is 1. The van der Waals surface area contributed by atoms with Gasteiger partial charge in [0.05, 0.1) is 28.3 Å². The molecule has 0 radical (unpaired) electrons. The molecule has 0 atom stereocenters. The Morgan fingerprint density at radius 3 is 2.54 bits per heavy atom. The van der Waals surface area contributed by atoms with Crippen LogP contribution in [0.4, 0.5) is 15.8 Å². The molecule has 0 spiro atoms. The second-order valence-electron chi connectivity index (χ2n) is 10.6. The molecule has 10 nitrogen and oxygen atoms in total. The maximum atomic E-state index is 14.6. The van der Waals surface area contributed by atoms with Crippen LogP contribution in [0.3, 0.4) is 0 Å². The van der Waals surface area contributed by atoms with Gasteiger partial charge in [-0.1, -0.05) is 0 Å². The van der Waals surface area contributed by atoms with Crippen LogP contribution in [0.2, 0.25) is 0 Å². The average molecular weight is 551 g/mol. The van der Waals surface area contributed by atoms with Crippen LogP contribution >= 0.6 is 0 Å². The minimum atomic E-state index is -0.331. The Kier molecular flexibility index (Phi) is 7.02. The predicted octanol–water partition coefficient (Wildman–Crippen LogP) is 5.56. The van der Waals surface area contributed by atoms with Gasteiger partial charge in [-0.15, -0.1) is 0 Å². The molecule has 5 aromatic heterocycles. The fourth-order valence-electron chi connectivity index (χ4n) is 4.78. The molecule has 0 bridgehead atoms. The van der Waals surface area contributed by atoms with E-state index in [0.29, 0.717) is 46.5 Å². The monoisotopic (exact) mass is 550 g/mol. The van der Waals surface area contributed by atoms with Crippen LogP contribution in [0.5, 0.6) is 0 Å². The van der Waals surface area contributed by atoms with E-state index in [2.05, 4.69) is 65.6 Å². The zero-order valence-corrected chi connectivity index (χ0v) is 23.3. The SMILES string of the molecule is CC(C)Nc1cncc(-c2cnc3n[nH]c(-c4nc5c(-c6cc(F)cc(NCCN(C)C)c6)cncc5[nH]4)c3c2)c1. The van der Waals surface area contributed by atoms with Gasteiger partial charge in [-0.25, -0.2) is 14.4 Å². The van der Waals surface area contributed by atoms with Gasteiger partial charge in [0.1, 0.15) is 11.5 Å². The number of aromatic nitrogens is 7. The number of fused-ring (bicyclic) bond motifs is 2. The molecular weight excluding hydrogens is 519 g/mol. The van der Waals surface area contributed by atoms with Crippen LogP contribution in [0.15, 0.2) is 61.3 Å². The molecule has 11 heteroatoms. The van der Waals surface area contributed by atoms with Crippen molar-refractivity contribution in [2.45, 2.75) is 19.9 Å². The van der Waals surface area contributed by atoms with Gasteiger partial charge >= 0.3 is 0 Å². The third-order valence-corrected chi connectivity index (χ3v) is 6.66. The molecule has 0 saturated carbocycles. The maximum absolute atomic E-state index is 14.6. The highest BCUT2D eigenvalue weighted by atomic mass is 19.1. The zero-order valence-electron chi connectivity index (χ0n) is 23.3. The van der Waals surface area contributed by atoms with Crippen LogP contribution in [0.1, 0.15) is 13.8 Å². The highest BCUT2D eigenvalue weighted by molar-refractivity contribution is 5.97. The molecule has 0 aliphatic heterocycles. The summed E-state index contributed by atoms with van der Waals surface area (Å²) in [5.41, 5.74) is 7.60. The van der Waals surface area contributed by atoms with E-state index in [9.17, 15) is 4.39 Å². The molecular formula is C30H31FN10. The molecule has 0 unspecified atom stereocenters. The topological polar surface area (TPSA) is 123 Å². The molecule has 6 aromatic rings. The number of imidazole rings is 1. The van der Waals surface area contributed by atoms with Gasteiger partial charge in [-0.3, -0.25) is 15.1 Å². The van der Waals surface area contributed by atoms with Gasteiger partial charge in [0.2, 0.25) is 0 Å². The van der Waals surface area contributed by atoms with Gasteiger partial charge in [0.25, 0.3) is 0 Å². The Bertz CT molecular complexity index is 1840. The van der Waals surface area contributed by atoms with E-state index in [-0.39, 0.29) is 5.82 Å². The van der Waals surface area contributed by atoms with Crippen LogP contribution in [0, 0.1) is 5.82 Å². The van der Waals surface area contributed by atoms with E-state index in [1.165, 1.54) is 12.1 Å². The Labute approximate surface area is 236 Å². The number of benzene rings is 1. The fourth-order valence-corrected chi connectivity index (χ4v) is 4.78. The minimum absolute atomic E-state index is 0.291. The number of rotatable bonds is 9. The summed E-state index contributed by atoms with van der Waals surface area (Å²) in [7, 11) is 4.00. The normalized spacial score (nSPS) is 11.7. The van der Waals surface area contributed by atoms with Crippen LogP contribution in [-0.2, 0) is 0 Å². The van der Waals surface area contributed by atoms with E-state index < -0.39 is 0 Å². The first-order chi connectivity index (χ1) is 19.8. The van der Waals surface area contributed by atoms with E-state index >= 15 is 0 Å². The number of H-pyrrole nitrogens is 2. The highest BCUT2D eigenvalue weighted by Crippen LogP contribution is 2.33. The van der Waals surface area contributed by atoms with Crippen molar-refractivity contribution in [3.05, 3.63) is 67.1 Å². The van der Waals surface area contributed by atoms with Gasteiger partial charge in [0.15, 0.2) is 11.5 Å². The number of aromatic amines is 2. The van der Waals surface area contributed by atoms with Crippen molar-refractivity contribution < 1.29 is 4.39 Å². The molecule has 5 heterocycles. The van der Waals surface area contributed by atoms with E-state index in [4.69, 9.17) is 4.98 Å². The molecule has 208 valence electrons. The first kappa shape index (κ1) is 26.3. The lowest BCUT2D eigenvalue weighted by atomic mass is 10.1. The largest absolute Gasteiger partial charge is 0.384 e. The molecule has 4 N–H and O–H groups in total. The fraction of sp³-hybridized carbons (Fsp3) is 0.233. The van der Waals surface area contributed by atoms with Crippen LogP contribution < -0.4 is 10.6 Å². The third-order valence-electron chi connectivity index (χ3n) is 6.66. The Morgan fingerprint density at radius 1 is 0.902 bits per heavy atom. The van der Waals surface area contributed by atoms with Crippen molar-refractivity contribution in [2.24, 2.45) is 0 Å². The quantitative estimate of drug-likeness (QED) is 0.185. The Balaban J connectivity index is 1.37. The van der Waals surface area contributed by atoms with Crippen molar-refractivity contribution >= 4 is 33.4 Å². The van der Waals surface area contributed by atoms with Crippen molar-refractivity contribution in [1.29, 1.82) is 0 Å². The molecule has 0 saturated heterocycles. The lowest BCUT2D eigenvalue weighted by molar-refractivity contribution is 0.425. The predicted molar refractivity (Wildman–Crippen MR) is 161 cm³/mol. The standard InChI is InChI=1S/C30H31FN10/c1-17(2)36-23-9-19(12-32-14-23)20-10-24-28(39-40-29(24)35-13-20)30-37-26-16-33-15-25(27(26)38-30)18-7-21(31)11-22(8-18)34-5-6-41(3)4/h7-17,34,36H,5-6H2,1-4H3,(H,37,38)(H,35,39,40). The Hall–Kier alpha value is -4.90. The summed E-state index contributed by atoms with van der Waals surface area (Å²) in [4.78, 5) is 23.7. The van der Waals surface area contributed by atoms with Crippen LogP contribution in [-0.4, -0.2) is 73.2 Å². The second-order valence-corrected chi connectivity index (χ2v) is 10.6. The van der Waals surface area contributed by atoms with Crippen molar-refractivity contribution in [3.8, 4) is 33.8 Å². The number of pyridine rings is 3. The summed E-state index contributed by atoms with van der Waals surface area (Å²) in [6.07, 6.45) is 8.83. The van der Waals surface area contributed by atoms with Gasteiger partial charge < -0.3 is 20.5 Å². The van der Waals surface area contributed by atoms with E-state index in [1.54, 1.807) is 24.8 Å². The van der Waals surface area contributed by atoms with Crippen molar-refractivity contribution in [2.75, 3.05) is 37.8 Å². The lowest BCUT2D eigenvalue weighted by Gasteiger charge is -2.12. The maximum Gasteiger partial charge on any atom is 0.181 e. The molecule has 0 fully saturated rings. The van der Waals surface area contributed by atoms with Gasteiger partial charge in [-0.05, 0) is 63.8 Å². The van der Waals surface area contributed by atoms with Gasteiger partial charge in [-0.2, -0.15) is 5.10 Å². The molecule has 0 amide bonds. The first-order valence-electron chi connectivity index (χ1n) is 13.4. The summed E-state index contributed by atoms with van der Waals surface area (Å²) >= 11 is 0. The van der Waals surface area contributed by atoms with Crippen molar-refractivity contribution in [1.82, 2.24) is 40.0 Å². The molecule has 0 aliphatic rings. The summed E-state index contributed by atoms with van der Waals surface area (Å²) in [6, 6.07) is 9.29. The van der Waals surface area contributed by atoms with Crippen molar-refractivity contribution in [3.63, 3.8) is 0 Å². The number of nitrogens with zero attached hydrogens (tertiary/aromatic N) is 6. The number of likely N-dealkylation sites (N-methyl/N-ethyl adjacent to an activating group) is 1. The Morgan fingerprint density at radius 2 is 1.71 bits per heavy atom. The molecule has 41 heavy (non-hydrogen) atoms. The molecule has 1 aromatic carbocycles. The average Bonchev–Trinajstić information content (AvgIpc) is 3.56. The lowest BCUT2D eigenvalue weighted by Crippen LogP contribution is -2.20. The summed E-state index contributed by atoms with van der Waals surface area (Å²) in [5, 5.41) is 15.0. The first-order valence-corrected chi connectivity index (χ1v) is 13.4. The smallest absolute Gasteiger partial charge is 0.181 e. The van der Waals surface area contributed by atoms with Crippen LogP contribution in [0.25, 0.3) is 55.8 Å². The van der Waals surface area contributed by atoms with E-state index in [0.717, 1.165) is 39.8 Å². The second kappa shape index (κ2) is 10.9. The number of hydrogen-bond acceptors (Lipinski definition) is 8. The summed E-state index contributed by atoms with van der Waals surface area (Å²) in [6.45, 7) is 5.70. The third kappa shape index (κ3) is 5.57. The molecule has 0 aliphatic carbocycles. The zero-order chi connectivity index (χ0) is 28.5. The molecule has 6 rings (SSSR count). The minimum Gasteiger partial charge on any atom is -0.384 e. The summed E-state index contributed by atoms with van der Waals surface area (Å²) in [5.74, 6) is 0.257. The highest BCUT2D eigenvalue weighted by Gasteiger charge is 2.17.